The van der Waals surface area contributed by atoms with Crippen molar-refractivity contribution in [2.24, 2.45) is 5.92 Å². The Hall–Kier alpha value is -1.29. The van der Waals surface area contributed by atoms with Gasteiger partial charge in [0.2, 0.25) is 0 Å². The molecule has 0 fully saturated rings. The van der Waals surface area contributed by atoms with Gasteiger partial charge < -0.3 is 5.32 Å². The van der Waals surface area contributed by atoms with Crippen molar-refractivity contribution in [2.75, 3.05) is 11.9 Å². The van der Waals surface area contributed by atoms with Gasteiger partial charge in [-0.25, -0.2) is 4.68 Å². The molecule has 0 unspecified atom stereocenters. The molecule has 2 aromatic rings. The fraction of sp³-hybridized carbons (Fsp3) is 0.471. The third kappa shape index (κ3) is 4.60. The molecule has 2 rings (SSSR count). The molecule has 0 bridgehead atoms. The van der Waals surface area contributed by atoms with Crippen LogP contribution in [0.3, 0.4) is 0 Å². The van der Waals surface area contributed by atoms with Crippen molar-refractivity contribution in [2.45, 2.75) is 40.2 Å². The second-order valence-corrected chi connectivity index (χ2v) is 6.65. The second kappa shape index (κ2) is 7.64. The molecule has 21 heavy (non-hydrogen) atoms. The summed E-state index contributed by atoms with van der Waals surface area (Å²) < 4.78 is 3.21. The highest BCUT2D eigenvalue weighted by molar-refractivity contribution is 9.10. The number of hydrogen-bond acceptors (Lipinski definition) is 2. The van der Waals surface area contributed by atoms with Crippen molar-refractivity contribution in [1.82, 2.24) is 9.78 Å². The van der Waals surface area contributed by atoms with E-state index in [1.54, 1.807) is 0 Å². The maximum absolute atomic E-state index is 4.77. The summed E-state index contributed by atoms with van der Waals surface area (Å²) in [6.07, 6.45) is 2.13. The van der Waals surface area contributed by atoms with Gasteiger partial charge in [0, 0.05) is 17.1 Å². The zero-order valence-electron chi connectivity index (χ0n) is 13.1. The zero-order chi connectivity index (χ0) is 15.2. The molecule has 0 aliphatic carbocycles. The molecule has 1 N–H and O–H groups in total. The van der Waals surface area contributed by atoms with E-state index in [-0.39, 0.29) is 0 Å². The number of anilines is 1. The number of benzene rings is 1. The summed E-state index contributed by atoms with van der Waals surface area (Å²) in [5, 5.41) is 8.25. The lowest BCUT2D eigenvalue weighted by molar-refractivity contribution is 0.608. The van der Waals surface area contributed by atoms with E-state index in [0.717, 1.165) is 41.9 Å². The number of hydrogen-bond donors (Lipinski definition) is 1. The highest BCUT2D eigenvalue weighted by Gasteiger charge is 2.10. The Labute approximate surface area is 135 Å². The molecular weight excluding hydrogens is 326 g/mol. The first-order valence-corrected chi connectivity index (χ1v) is 8.43. The van der Waals surface area contributed by atoms with Crippen LogP contribution in [0.2, 0.25) is 0 Å². The Bertz CT molecular complexity index is 575. The van der Waals surface area contributed by atoms with Crippen molar-refractivity contribution >= 4 is 21.7 Å². The van der Waals surface area contributed by atoms with Crippen LogP contribution < -0.4 is 5.32 Å². The first-order valence-electron chi connectivity index (χ1n) is 7.64. The van der Waals surface area contributed by atoms with Crippen LogP contribution in [0.4, 0.5) is 5.82 Å². The highest BCUT2D eigenvalue weighted by Crippen LogP contribution is 2.20. The standard InChI is InChI=1S/C17H24BrN3/c1-4-9-19-17-11-15(10-13(2)3)20-21(17)12-14-7-5-6-8-16(14)18/h5-8,11,13,19H,4,9-10,12H2,1-3H3. The van der Waals surface area contributed by atoms with Crippen LogP contribution in [0, 0.1) is 5.92 Å². The maximum atomic E-state index is 4.77. The van der Waals surface area contributed by atoms with Gasteiger partial charge in [-0.05, 0) is 30.4 Å². The summed E-state index contributed by atoms with van der Waals surface area (Å²) in [7, 11) is 0. The first-order chi connectivity index (χ1) is 10.1. The van der Waals surface area contributed by atoms with Gasteiger partial charge in [0.05, 0.1) is 12.2 Å². The Morgan fingerprint density at radius 2 is 2.05 bits per heavy atom. The van der Waals surface area contributed by atoms with Crippen LogP contribution in [-0.2, 0) is 13.0 Å². The quantitative estimate of drug-likeness (QED) is 0.783. The van der Waals surface area contributed by atoms with Gasteiger partial charge >= 0.3 is 0 Å². The lowest BCUT2D eigenvalue weighted by Gasteiger charge is -2.10. The molecule has 1 aromatic carbocycles. The first kappa shape index (κ1) is 16.1. The minimum atomic E-state index is 0.621. The van der Waals surface area contributed by atoms with Crippen LogP contribution in [0.15, 0.2) is 34.8 Å². The van der Waals surface area contributed by atoms with Gasteiger partial charge in [-0.1, -0.05) is 54.9 Å². The number of nitrogens with zero attached hydrogens (tertiary/aromatic N) is 2. The van der Waals surface area contributed by atoms with Gasteiger partial charge in [0.25, 0.3) is 0 Å². The van der Waals surface area contributed by atoms with Crippen LogP contribution in [0.5, 0.6) is 0 Å². The molecule has 0 saturated carbocycles. The predicted molar refractivity (Wildman–Crippen MR) is 92.8 cm³/mol. The van der Waals surface area contributed by atoms with E-state index in [2.05, 4.69) is 71.0 Å². The molecule has 1 aromatic heterocycles. The van der Waals surface area contributed by atoms with E-state index >= 15 is 0 Å². The van der Waals surface area contributed by atoms with Gasteiger partial charge in [0.15, 0.2) is 0 Å². The normalized spacial score (nSPS) is 11.1. The third-order valence-electron chi connectivity index (χ3n) is 3.28. The number of aromatic nitrogens is 2. The highest BCUT2D eigenvalue weighted by atomic mass is 79.9. The monoisotopic (exact) mass is 349 g/mol. The van der Waals surface area contributed by atoms with Gasteiger partial charge in [-0.15, -0.1) is 0 Å². The third-order valence-corrected chi connectivity index (χ3v) is 4.06. The number of halogens is 1. The van der Waals surface area contributed by atoms with E-state index in [1.807, 2.05) is 6.07 Å². The molecule has 0 amide bonds. The fourth-order valence-corrected chi connectivity index (χ4v) is 2.70. The summed E-state index contributed by atoms with van der Waals surface area (Å²) in [6.45, 7) is 8.39. The van der Waals surface area contributed by atoms with E-state index in [1.165, 1.54) is 5.56 Å². The molecule has 0 aliphatic rings. The average Bonchev–Trinajstić information content (AvgIpc) is 2.80. The molecule has 0 spiro atoms. The minimum absolute atomic E-state index is 0.621. The van der Waals surface area contributed by atoms with Gasteiger partial charge in [-0.3, -0.25) is 0 Å². The molecule has 0 aliphatic heterocycles. The van der Waals surface area contributed by atoms with E-state index in [0.29, 0.717) is 5.92 Å². The Morgan fingerprint density at radius 1 is 1.29 bits per heavy atom. The SMILES string of the molecule is CCCNc1cc(CC(C)C)nn1Cc1ccccc1Br. The lowest BCUT2D eigenvalue weighted by Crippen LogP contribution is -2.10. The van der Waals surface area contributed by atoms with Crippen LogP contribution >= 0.6 is 15.9 Å². The Morgan fingerprint density at radius 3 is 2.71 bits per heavy atom. The van der Waals surface area contributed by atoms with E-state index in [9.17, 15) is 0 Å². The molecule has 0 atom stereocenters. The average molecular weight is 350 g/mol. The van der Waals surface area contributed by atoms with Gasteiger partial charge in [0.1, 0.15) is 5.82 Å². The van der Waals surface area contributed by atoms with E-state index in [4.69, 9.17) is 5.10 Å². The molecule has 1 heterocycles. The Balaban J connectivity index is 2.23. The summed E-state index contributed by atoms with van der Waals surface area (Å²) in [4.78, 5) is 0. The molecule has 4 heteroatoms. The van der Waals surface area contributed by atoms with Crippen molar-refractivity contribution in [1.29, 1.82) is 0 Å². The van der Waals surface area contributed by atoms with Crippen molar-refractivity contribution in [3.8, 4) is 0 Å². The molecule has 0 saturated heterocycles. The smallest absolute Gasteiger partial charge is 0.124 e. The minimum Gasteiger partial charge on any atom is -0.370 e. The lowest BCUT2D eigenvalue weighted by atomic mass is 10.1. The number of nitrogens with one attached hydrogen (secondary N) is 1. The van der Waals surface area contributed by atoms with Crippen LogP contribution in [-0.4, -0.2) is 16.3 Å². The van der Waals surface area contributed by atoms with E-state index < -0.39 is 0 Å². The van der Waals surface area contributed by atoms with Crippen molar-refractivity contribution in [3.63, 3.8) is 0 Å². The summed E-state index contributed by atoms with van der Waals surface area (Å²) in [5.74, 6) is 1.74. The molecule has 114 valence electrons. The van der Waals surface area contributed by atoms with Crippen LogP contribution in [0.1, 0.15) is 38.4 Å². The van der Waals surface area contributed by atoms with Crippen molar-refractivity contribution in [3.05, 3.63) is 46.1 Å². The van der Waals surface area contributed by atoms with Gasteiger partial charge in [-0.2, -0.15) is 5.10 Å². The molecule has 3 nitrogen and oxygen atoms in total. The zero-order valence-corrected chi connectivity index (χ0v) is 14.7. The predicted octanol–water partition coefficient (Wildman–Crippen LogP) is 4.71. The summed E-state index contributed by atoms with van der Waals surface area (Å²) in [6, 6.07) is 10.5. The van der Waals surface area contributed by atoms with Crippen LogP contribution in [0.25, 0.3) is 0 Å². The summed E-state index contributed by atoms with van der Waals surface area (Å²) in [5.41, 5.74) is 2.41. The second-order valence-electron chi connectivity index (χ2n) is 5.79. The largest absolute Gasteiger partial charge is 0.370 e. The molecule has 0 radical (unpaired) electrons. The van der Waals surface area contributed by atoms with Crippen molar-refractivity contribution < 1.29 is 0 Å². The maximum Gasteiger partial charge on any atom is 0.124 e. The number of rotatable bonds is 7. The fourth-order valence-electron chi connectivity index (χ4n) is 2.29. The topological polar surface area (TPSA) is 29.9 Å². The Kier molecular flexibility index (Phi) is 5.85. The molecular formula is C17H24BrN3. The summed E-state index contributed by atoms with van der Waals surface area (Å²) >= 11 is 3.62.